The minimum atomic E-state index is -0.662. The molecule has 0 spiro atoms. The van der Waals surface area contributed by atoms with Gasteiger partial charge in [0.2, 0.25) is 0 Å². The molecule has 1 aliphatic heterocycles. The second-order valence-corrected chi connectivity index (χ2v) is 8.49. The number of carbonyl (C=O) groups excluding carboxylic acids is 1. The molecule has 2 rings (SSSR count). The van der Waals surface area contributed by atoms with Gasteiger partial charge in [-0.2, -0.15) is 0 Å². The van der Waals surface area contributed by atoms with Crippen molar-refractivity contribution in [3.05, 3.63) is 51.1 Å². The molecule has 0 radical (unpaired) electrons. The van der Waals surface area contributed by atoms with Crippen LogP contribution in [-0.4, -0.2) is 22.6 Å². The maximum absolute atomic E-state index is 11.9. The molecule has 0 bridgehead atoms. The summed E-state index contributed by atoms with van der Waals surface area (Å²) < 4.78 is 5.86. The second kappa shape index (κ2) is 8.62. The summed E-state index contributed by atoms with van der Waals surface area (Å²) in [7, 11) is 0. The van der Waals surface area contributed by atoms with Crippen molar-refractivity contribution in [2.45, 2.75) is 78.9 Å². The zero-order chi connectivity index (χ0) is 20.4. The van der Waals surface area contributed by atoms with Gasteiger partial charge in [0.1, 0.15) is 11.4 Å². The van der Waals surface area contributed by atoms with Crippen LogP contribution in [0, 0.1) is 13.8 Å². The average Bonchev–Trinajstić information content (AvgIpc) is 2.86. The number of phenolic OH excluding ortho intramolecular Hbond substituents is 1. The number of aromatic hydroxyl groups is 1. The summed E-state index contributed by atoms with van der Waals surface area (Å²) in [4.78, 5) is 11.9. The number of ether oxygens (including phenoxy) is 1. The lowest BCUT2D eigenvalue weighted by atomic mass is 9.99. The Balaban J connectivity index is 1.94. The summed E-state index contributed by atoms with van der Waals surface area (Å²) in [6.07, 6.45) is 7.20. The highest BCUT2D eigenvalue weighted by Gasteiger charge is 2.40. The molecule has 1 saturated heterocycles. The zero-order valence-corrected chi connectivity index (χ0v) is 18.0. The van der Waals surface area contributed by atoms with E-state index in [1.807, 2.05) is 34.6 Å². The molecule has 1 aromatic carbocycles. The predicted molar refractivity (Wildman–Crippen MR) is 112 cm³/mol. The van der Waals surface area contributed by atoms with Crippen LogP contribution >= 0.6 is 11.6 Å². The van der Waals surface area contributed by atoms with Crippen LogP contribution < -0.4 is 0 Å². The van der Waals surface area contributed by atoms with Crippen LogP contribution in [0.5, 0.6) is 5.75 Å². The summed E-state index contributed by atoms with van der Waals surface area (Å²) in [6, 6.07) is 1.73. The van der Waals surface area contributed by atoms with Crippen LogP contribution in [0.4, 0.5) is 0 Å². The molecule has 1 aromatic rings. The van der Waals surface area contributed by atoms with Crippen molar-refractivity contribution in [2.75, 3.05) is 0 Å². The summed E-state index contributed by atoms with van der Waals surface area (Å²) in [5.74, 6) is 0.475. The van der Waals surface area contributed by atoms with Gasteiger partial charge in [-0.1, -0.05) is 29.3 Å². The van der Waals surface area contributed by atoms with E-state index >= 15 is 0 Å². The summed E-state index contributed by atoms with van der Waals surface area (Å²) in [5.41, 5.74) is 4.45. The number of benzene rings is 1. The van der Waals surface area contributed by atoms with Gasteiger partial charge in [-0.15, -0.1) is 0 Å². The van der Waals surface area contributed by atoms with E-state index in [1.54, 1.807) is 6.07 Å². The van der Waals surface area contributed by atoms with Crippen LogP contribution in [0.1, 0.15) is 63.6 Å². The molecule has 1 N–H and O–H groups in total. The SMILES string of the molecule is C/C(=C\Cc1c(O)cc(C)c(Cl)c1C)CC/C=C(\C)C1CC(=O)C(C)(C)O1. The van der Waals surface area contributed by atoms with Gasteiger partial charge >= 0.3 is 0 Å². The normalized spacial score (nSPS) is 20.4. The number of aryl methyl sites for hydroxylation is 1. The number of rotatable bonds is 6. The van der Waals surface area contributed by atoms with Gasteiger partial charge in [-0.25, -0.2) is 0 Å². The minimum Gasteiger partial charge on any atom is -0.508 e. The van der Waals surface area contributed by atoms with Gasteiger partial charge in [0.15, 0.2) is 5.78 Å². The smallest absolute Gasteiger partial charge is 0.167 e. The Kier molecular flexibility index (Phi) is 6.93. The van der Waals surface area contributed by atoms with Crippen LogP contribution in [0.3, 0.4) is 0 Å². The Labute approximate surface area is 168 Å². The van der Waals surface area contributed by atoms with Gasteiger partial charge in [-0.3, -0.25) is 4.79 Å². The molecule has 1 heterocycles. The number of hydrogen-bond acceptors (Lipinski definition) is 3. The van der Waals surface area contributed by atoms with Crippen molar-refractivity contribution in [3.63, 3.8) is 0 Å². The van der Waals surface area contributed by atoms with E-state index in [9.17, 15) is 9.90 Å². The molecule has 4 heteroatoms. The lowest BCUT2D eigenvalue weighted by molar-refractivity contribution is -0.129. The third kappa shape index (κ3) is 5.24. The van der Waals surface area contributed by atoms with Crippen molar-refractivity contribution in [1.82, 2.24) is 0 Å². The van der Waals surface area contributed by atoms with E-state index < -0.39 is 5.60 Å². The largest absolute Gasteiger partial charge is 0.508 e. The van der Waals surface area contributed by atoms with Gasteiger partial charge in [-0.05, 0) is 83.6 Å². The Morgan fingerprint density at radius 3 is 2.59 bits per heavy atom. The Morgan fingerprint density at radius 1 is 1.33 bits per heavy atom. The van der Waals surface area contributed by atoms with E-state index in [1.165, 1.54) is 5.57 Å². The third-order valence-electron chi connectivity index (χ3n) is 5.44. The quantitative estimate of drug-likeness (QED) is 0.604. The van der Waals surface area contributed by atoms with Crippen LogP contribution in [0.2, 0.25) is 5.02 Å². The third-order valence-corrected chi connectivity index (χ3v) is 6.02. The van der Waals surface area contributed by atoms with E-state index in [2.05, 4.69) is 19.1 Å². The molecular weight excluding hydrogens is 360 g/mol. The molecule has 1 fully saturated rings. The molecule has 0 aliphatic carbocycles. The number of carbonyl (C=O) groups is 1. The van der Waals surface area contributed by atoms with Gasteiger partial charge < -0.3 is 9.84 Å². The topological polar surface area (TPSA) is 46.5 Å². The molecule has 0 amide bonds. The fourth-order valence-corrected chi connectivity index (χ4v) is 3.57. The standard InChI is InChI=1S/C23H31ClO3/c1-14(10-11-18-17(4)22(24)16(3)12-19(18)25)8-7-9-15(2)20-13-21(26)23(5,6)27-20/h9-10,12,20,25H,7-8,11,13H2,1-6H3/b14-10+,15-9+. The number of Topliss-reactive ketones (excluding diaryl/α,β-unsaturated/α-hetero) is 1. The number of allylic oxidation sites excluding steroid dienone is 3. The molecule has 1 atom stereocenters. The number of halogens is 1. The highest BCUT2D eigenvalue weighted by Crippen LogP contribution is 2.32. The lowest BCUT2D eigenvalue weighted by Gasteiger charge is -2.18. The van der Waals surface area contributed by atoms with E-state index in [0.29, 0.717) is 18.6 Å². The highest BCUT2D eigenvalue weighted by atomic mass is 35.5. The Morgan fingerprint density at radius 2 is 2.00 bits per heavy atom. The monoisotopic (exact) mass is 390 g/mol. The molecule has 1 unspecified atom stereocenters. The average molecular weight is 391 g/mol. The number of ketones is 1. The predicted octanol–water partition coefficient (Wildman–Crippen LogP) is 6.01. The molecule has 27 heavy (non-hydrogen) atoms. The summed E-state index contributed by atoms with van der Waals surface area (Å²) in [6.45, 7) is 11.7. The summed E-state index contributed by atoms with van der Waals surface area (Å²) >= 11 is 6.31. The first kappa shape index (κ1) is 21.7. The van der Waals surface area contributed by atoms with Crippen molar-refractivity contribution >= 4 is 17.4 Å². The number of hydrogen-bond donors (Lipinski definition) is 1. The lowest BCUT2D eigenvalue weighted by Crippen LogP contribution is -2.27. The van der Waals surface area contributed by atoms with E-state index in [0.717, 1.165) is 40.1 Å². The fourth-order valence-electron chi connectivity index (χ4n) is 3.40. The van der Waals surface area contributed by atoms with Crippen LogP contribution in [0.25, 0.3) is 0 Å². The zero-order valence-electron chi connectivity index (χ0n) is 17.3. The maximum atomic E-state index is 11.9. The van der Waals surface area contributed by atoms with Crippen molar-refractivity contribution in [2.24, 2.45) is 0 Å². The summed E-state index contributed by atoms with van der Waals surface area (Å²) in [5, 5.41) is 10.9. The molecule has 3 nitrogen and oxygen atoms in total. The Bertz CT molecular complexity index is 787. The number of phenols is 1. The first-order valence-electron chi connectivity index (χ1n) is 9.54. The molecule has 0 aromatic heterocycles. The fraction of sp³-hybridized carbons (Fsp3) is 0.522. The van der Waals surface area contributed by atoms with E-state index in [-0.39, 0.29) is 11.9 Å². The van der Waals surface area contributed by atoms with Crippen molar-refractivity contribution in [1.29, 1.82) is 0 Å². The van der Waals surface area contributed by atoms with Crippen molar-refractivity contribution < 1.29 is 14.6 Å². The first-order valence-corrected chi connectivity index (χ1v) is 9.91. The highest BCUT2D eigenvalue weighted by molar-refractivity contribution is 6.32. The maximum Gasteiger partial charge on any atom is 0.167 e. The van der Waals surface area contributed by atoms with Crippen LogP contribution in [0.15, 0.2) is 29.4 Å². The molecule has 148 valence electrons. The first-order chi connectivity index (χ1) is 12.5. The van der Waals surface area contributed by atoms with Gasteiger partial charge in [0.25, 0.3) is 0 Å². The van der Waals surface area contributed by atoms with Gasteiger partial charge in [0, 0.05) is 17.0 Å². The van der Waals surface area contributed by atoms with Gasteiger partial charge in [0.05, 0.1) is 6.10 Å². The molecule has 0 saturated carbocycles. The Hall–Kier alpha value is -1.58. The second-order valence-electron chi connectivity index (χ2n) is 8.12. The van der Waals surface area contributed by atoms with Crippen LogP contribution in [-0.2, 0) is 16.0 Å². The van der Waals surface area contributed by atoms with E-state index in [4.69, 9.17) is 16.3 Å². The van der Waals surface area contributed by atoms with Crippen molar-refractivity contribution in [3.8, 4) is 5.75 Å². The molecule has 1 aliphatic rings. The minimum absolute atomic E-state index is 0.0916. The molecular formula is C23H31ClO3.